The summed E-state index contributed by atoms with van der Waals surface area (Å²) < 4.78 is 5.51. The molecule has 0 saturated carbocycles. The van der Waals surface area contributed by atoms with Crippen LogP contribution in [0.3, 0.4) is 0 Å². The number of hydrogen-bond acceptors (Lipinski definition) is 3. The molecule has 1 unspecified atom stereocenters. The van der Waals surface area contributed by atoms with Gasteiger partial charge in [0.2, 0.25) is 0 Å². The van der Waals surface area contributed by atoms with Gasteiger partial charge in [0.25, 0.3) is 0 Å². The highest BCUT2D eigenvalue weighted by Gasteiger charge is 2.11. The molecule has 0 aromatic heterocycles. The van der Waals surface area contributed by atoms with Crippen LogP contribution >= 0.6 is 0 Å². The van der Waals surface area contributed by atoms with Gasteiger partial charge < -0.3 is 15.4 Å². The maximum absolute atomic E-state index is 5.51. The quantitative estimate of drug-likeness (QED) is 0.590. The second kappa shape index (κ2) is 10.1. The van der Waals surface area contributed by atoms with Crippen LogP contribution in [0.1, 0.15) is 39.0 Å². The third-order valence-electron chi connectivity index (χ3n) is 3.12. The van der Waals surface area contributed by atoms with Crippen molar-refractivity contribution < 1.29 is 4.74 Å². The monoisotopic (exact) mass is 228 g/mol. The molecule has 2 N–H and O–H groups in total. The maximum Gasteiger partial charge on any atom is 0.0478 e. The largest absolute Gasteiger partial charge is 0.381 e. The molecule has 96 valence electrons. The average Bonchev–Trinajstić information content (AvgIpc) is 2.34. The van der Waals surface area contributed by atoms with Gasteiger partial charge >= 0.3 is 0 Å². The van der Waals surface area contributed by atoms with E-state index in [1.807, 2.05) is 0 Å². The lowest BCUT2D eigenvalue weighted by Gasteiger charge is -2.22. The third kappa shape index (κ3) is 7.20. The van der Waals surface area contributed by atoms with Crippen LogP contribution in [0.2, 0.25) is 0 Å². The molecule has 0 bridgehead atoms. The van der Waals surface area contributed by atoms with Crippen LogP contribution in [0.15, 0.2) is 0 Å². The predicted octanol–water partition coefficient (Wildman–Crippen LogP) is 1.78. The van der Waals surface area contributed by atoms with Crippen LogP contribution in [-0.4, -0.2) is 39.4 Å². The molecule has 1 heterocycles. The number of piperidine rings is 1. The fourth-order valence-electron chi connectivity index (χ4n) is 2.05. The number of hydrogen-bond donors (Lipinski definition) is 2. The first-order valence-electron chi connectivity index (χ1n) is 6.92. The van der Waals surface area contributed by atoms with Crippen LogP contribution in [0.5, 0.6) is 0 Å². The zero-order chi connectivity index (χ0) is 11.5. The number of unbranched alkanes of at least 4 members (excludes halogenated alkanes) is 1. The molecule has 0 radical (unpaired) electrons. The van der Waals surface area contributed by atoms with E-state index in [9.17, 15) is 0 Å². The lowest BCUT2D eigenvalue weighted by atomic mass is 10.00. The van der Waals surface area contributed by atoms with Crippen molar-refractivity contribution in [3.05, 3.63) is 0 Å². The second-order valence-corrected chi connectivity index (χ2v) is 4.74. The highest BCUT2D eigenvalue weighted by Crippen LogP contribution is 2.07. The molecule has 16 heavy (non-hydrogen) atoms. The van der Waals surface area contributed by atoms with Crippen LogP contribution < -0.4 is 10.6 Å². The Labute approximate surface area is 100 Å². The molecule has 3 heteroatoms. The summed E-state index contributed by atoms with van der Waals surface area (Å²) in [5.41, 5.74) is 0. The summed E-state index contributed by atoms with van der Waals surface area (Å²) in [6.07, 6.45) is 6.29. The lowest BCUT2D eigenvalue weighted by molar-refractivity contribution is 0.128. The van der Waals surface area contributed by atoms with Gasteiger partial charge in [-0.1, -0.05) is 13.3 Å². The molecule has 1 aliphatic rings. The minimum absolute atomic E-state index is 0.842. The van der Waals surface area contributed by atoms with E-state index in [0.717, 1.165) is 32.1 Å². The van der Waals surface area contributed by atoms with Crippen LogP contribution in [0, 0.1) is 5.92 Å². The van der Waals surface area contributed by atoms with E-state index in [1.165, 1.54) is 45.3 Å². The Balaban J connectivity index is 1.77. The molecule has 0 amide bonds. The van der Waals surface area contributed by atoms with Gasteiger partial charge in [0.05, 0.1) is 0 Å². The van der Waals surface area contributed by atoms with Gasteiger partial charge in [-0.3, -0.25) is 0 Å². The van der Waals surface area contributed by atoms with Gasteiger partial charge in [-0.05, 0) is 57.8 Å². The average molecular weight is 228 g/mol. The smallest absolute Gasteiger partial charge is 0.0478 e. The van der Waals surface area contributed by atoms with Gasteiger partial charge in [0, 0.05) is 13.2 Å². The van der Waals surface area contributed by atoms with E-state index in [4.69, 9.17) is 4.74 Å². The molecular weight excluding hydrogens is 200 g/mol. The van der Waals surface area contributed by atoms with Crippen molar-refractivity contribution in [1.29, 1.82) is 0 Å². The van der Waals surface area contributed by atoms with Crippen molar-refractivity contribution in [2.24, 2.45) is 5.92 Å². The summed E-state index contributed by atoms with van der Waals surface area (Å²) in [4.78, 5) is 0. The van der Waals surface area contributed by atoms with Crippen molar-refractivity contribution in [2.45, 2.75) is 39.0 Å². The first kappa shape index (κ1) is 13.9. The minimum atomic E-state index is 0.842. The van der Waals surface area contributed by atoms with Crippen molar-refractivity contribution in [3.8, 4) is 0 Å². The molecule has 1 aliphatic heterocycles. The lowest BCUT2D eigenvalue weighted by Crippen LogP contribution is -2.36. The van der Waals surface area contributed by atoms with E-state index >= 15 is 0 Å². The van der Waals surface area contributed by atoms with E-state index < -0.39 is 0 Å². The minimum Gasteiger partial charge on any atom is -0.381 e. The molecule has 1 rings (SSSR count). The van der Waals surface area contributed by atoms with Crippen molar-refractivity contribution in [2.75, 3.05) is 39.4 Å². The molecule has 1 fully saturated rings. The molecule has 0 aliphatic carbocycles. The van der Waals surface area contributed by atoms with E-state index in [0.29, 0.717) is 0 Å². The molecule has 0 aromatic carbocycles. The second-order valence-electron chi connectivity index (χ2n) is 4.74. The molecule has 3 nitrogen and oxygen atoms in total. The maximum atomic E-state index is 5.51. The highest BCUT2D eigenvalue weighted by atomic mass is 16.5. The Morgan fingerprint density at radius 3 is 2.94 bits per heavy atom. The molecule has 0 spiro atoms. The van der Waals surface area contributed by atoms with Crippen LogP contribution in [0.25, 0.3) is 0 Å². The summed E-state index contributed by atoms with van der Waals surface area (Å²) in [6, 6.07) is 0. The zero-order valence-electron chi connectivity index (χ0n) is 10.8. The summed E-state index contributed by atoms with van der Waals surface area (Å²) >= 11 is 0. The molecule has 1 saturated heterocycles. The van der Waals surface area contributed by atoms with E-state index in [2.05, 4.69) is 17.6 Å². The first-order valence-corrected chi connectivity index (χ1v) is 6.92. The van der Waals surface area contributed by atoms with E-state index in [-0.39, 0.29) is 0 Å². The molecular formula is C13H28N2O. The van der Waals surface area contributed by atoms with Crippen molar-refractivity contribution in [1.82, 2.24) is 10.6 Å². The van der Waals surface area contributed by atoms with Crippen molar-refractivity contribution in [3.63, 3.8) is 0 Å². The Hall–Kier alpha value is -0.120. The van der Waals surface area contributed by atoms with Gasteiger partial charge in [-0.25, -0.2) is 0 Å². The van der Waals surface area contributed by atoms with Crippen LogP contribution in [-0.2, 0) is 4.74 Å². The number of nitrogens with one attached hydrogen (secondary N) is 2. The summed E-state index contributed by atoms with van der Waals surface area (Å²) in [7, 11) is 0. The van der Waals surface area contributed by atoms with Gasteiger partial charge in [-0.2, -0.15) is 0 Å². The van der Waals surface area contributed by atoms with Gasteiger partial charge in [0.15, 0.2) is 0 Å². The van der Waals surface area contributed by atoms with E-state index in [1.54, 1.807) is 0 Å². The Morgan fingerprint density at radius 2 is 2.19 bits per heavy atom. The normalized spacial score (nSPS) is 21.2. The Kier molecular flexibility index (Phi) is 8.77. The number of rotatable bonds is 9. The van der Waals surface area contributed by atoms with Gasteiger partial charge in [-0.15, -0.1) is 0 Å². The standard InChI is InChI=1S/C13H28N2O/c1-2-3-9-16-10-5-8-15-12-13-6-4-7-14-11-13/h13-15H,2-12H2,1H3. The molecule has 0 aromatic rings. The summed E-state index contributed by atoms with van der Waals surface area (Å²) in [6.45, 7) is 8.72. The fraction of sp³-hybridized carbons (Fsp3) is 1.00. The summed E-state index contributed by atoms with van der Waals surface area (Å²) in [5.74, 6) is 0.842. The Bertz CT molecular complexity index is 147. The third-order valence-corrected chi connectivity index (χ3v) is 3.12. The molecule has 1 atom stereocenters. The fourth-order valence-corrected chi connectivity index (χ4v) is 2.05. The first-order chi connectivity index (χ1) is 7.93. The predicted molar refractivity (Wildman–Crippen MR) is 68.8 cm³/mol. The Morgan fingerprint density at radius 1 is 1.31 bits per heavy atom. The topological polar surface area (TPSA) is 33.3 Å². The van der Waals surface area contributed by atoms with Gasteiger partial charge in [0.1, 0.15) is 0 Å². The van der Waals surface area contributed by atoms with Crippen molar-refractivity contribution >= 4 is 0 Å². The van der Waals surface area contributed by atoms with Crippen LogP contribution in [0.4, 0.5) is 0 Å². The number of ether oxygens (including phenoxy) is 1. The summed E-state index contributed by atoms with van der Waals surface area (Å²) in [5, 5.41) is 6.97. The highest BCUT2D eigenvalue weighted by molar-refractivity contribution is 4.70. The zero-order valence-corrected chi connectivity index (χ0v) is 10.8. The SMILES string of the molecule is CCCCOCCCNCC1CCCNC1.